The Labute approximate surface area is 86.6 Å². The number of benzene rings is 1. The van der Waals surface area contributed by atoms with E-state index in [9.17, 15) is 18.0 Å². The Morgan fingerprint density at radius 1 is 1.38 bits per heavy atom. The number of oxazole rings is 1. The van der Waals surface area contributed by atoms with E-state index in [0.717, 1.165) is 6.07 Å². The average Bonchev–Trinajstić information content (AvgIpc) is 2.59. The number of carbonyl (C=O) groups excluding carboxylic acids is 1. The summed E-state index contributed by atoms with van der Waals surface area (Å²) in [5, 5.41) is 0. The highest BCUT2D eigenvalue weighted by Crippen LogP contribution is 2.30. The Morgan fingerprint density at radius 2 is 2.12 bits per heavy atom. The van der Waals surface area contributed by atoms with E-state index >= 15 is 0 Å². The summed E-state index contributed by atoms with van der Waals surface area (Å²) in [5.74, 6) is -0.796. The number of alkyl halides is 3. The maximum atomic E-state index is 12.0. The van der Waals surface area contributed by atoms with Crippen LogP contribution in [0.5, 0.6) is 5.75 Å². The minimum atomic E-state index is -4.81. The highest BCUT2D eigenvalue weighted by molar-refractivity contribution is 5.83. The van der Waals surface area contributed by atoms with Gasteiger partial charge < -0.3 is 9.15 Å². The molecule has 2 aromatic rings. The SMILES string of the molecule is O=Cc1nc2c(OC(F)(F)F)cccc2o1. The number of fused-ring (bicyclic) bond motifs is 1. The molecule has 0 aliphatic carbocycles. The second-order valence-corrected chi connectivity index (χ2v) is 2.82. The summed E-state index contributed by atoms with van der Waals surface area (Å²) < 4.78 is 44.6. The van der Waals surface area contributed by atoms with Crippen molar-refractivity contribution in [3.63, 3.8) is 0 Å². The number of aromatic nitrogens is 1. The number of halogens is 3. The van der Waals surface area contributed by atoms with Crippen molar-refractivity contribution >= 4 is 17.4 Å². The number of aldehydes is 1. The molecule has 1 aromatic carbocycles. The van der Waals surface area contributed by atoms with Crippen LogP contribution in [0, 0.1) is 0 Å². The normalized spacial score (nSPS) is 11.7. The Hall–Kier alpha value is -2.05. The average molecular weight is 231 g/mol. The predicted molar refractivity (Wildman–Crippen MR) is 46.1 cm³/mol. The van der Waals surface area contributed by atoms with Gasteiger partial charge in [0.1, 0.15) is 0 Å². The quantitative estimate of drug-likeness (QED) is 0.745. The molecular formula is C9H4F3NO3. The first-order valence-corrected chi connectivity index (χ1v) is 4.10. The molecule has 0 amide bonds. The van der Waals surface area contributed by atoms with Gasteiger partial charge in [-0.2, -0.15) is 0 Å². The molecule has 0 saturated heterocycles. The van der Waals surface area contributed by atoms with Crippen molar-refractivity contribution < 1.29 is 27.1 Å². The monoisotopic (exact) mass is 231 g/mol. The van der Waals surface area contributed by atoms with Gasteiger partial charge in [-0.1, -0.05) is 6.07 Å². The standard InChI is InChI=1S/C9H4F3NO3/c10-9(11,12)16-6-3-1-2-5-8(6)13-7(4-14)15-5/h1-4H. The van der Waals surface area contributed by atoms with Gasteiger partial charge in [0, 0.05) is 0 Å². The molecule has 0 N–H and O–H groups in total. The highest BCUT2D eigenvalue weighted by atomic mass is 19.4. The zero-order valence-electron chi connectivity index (χ0n) is 7.62. The zero-order valence-corrected chi connectivity index (χ0v) is 7.62. The molecule has 0 spiro atoms. The molecule has 0 atom stereocenters. The van der Waals surface area contributed by atoms with Crippen molar-refractivity contribution in [2.45, 2.75) is 6.36 Å². The summed E-state index contributed by atoms with van der Waals surface area (Å²) >= 11 is 0. The van der Waals surface area contributed by atoms with E-state index in [2.05, 4.69) is 9.72 Å². The van der Waals surface area contributed by atoms with Crippen LogP contribution < -0.4 is 4.74 Å². The number of hydrogen-bond acceptors (Lipinski definition) is 4. The van der Waals surface area contributed by atoms with Gasteiger partial charge in [-0.25, -0.2) is 4.98 Å². The van der Waals surface area contributed by atoms with E-state index in [1.54, 1.807) is 0 Å². The van der Waals surface area contributed by atoms with Crippen molar-refractivity contribution in [2.75, 3.05) is 0 Å². The molecule has 16 heavy (non-hydrogen) atoms. The lowest BCUT2D eigenvalue weighted by molar-refractivity contribution is -0.274. The van der Waals surface area contributed by atoms with Crippen LogP contribution in [0.25, 0.3) is 11.1 Å². The molecule has 2 rings (SSSR count). The minimum Gasteiger partial charge on any atom is -0.434 e. The van der Waals surface area contributed by atoms with Crippen LogP contribution in [0.1, 0.15) is 10.7 Å². The zero-order chi connectivity index (χ0) is 11.8. The van der Waals surface area contributed by atoms with E-state index in [0.29, 0.717) is 6.29 Å². The van der Waals surface area contributed by atoms with Crippen LogP contribution in [-0.2, 0) is 0 Å². The maximum Gasteiger partial charge on any atom is 0.573 e. The third kappa shape index (κ3) is 1.97. The first-order valence-electron chi connectivity index (χ1n) is 4.10. The van der Waals surface area contributed by atoms with Gasteiger partial charge in [0.2, 0.25) is 6.29 Å². The van der Waals surface area contributed by atoms with Gasteiger partial charge in [0.15, 0.2) is 16.8 Å². The van der Waals surface area contributed by atoms with Gasteiger partial charge >= 0.3 is 6.36 Å². The Bertz CT molecular complexity index is 532. The molecule has 1 heterocycles. The summed E-state index contributed by atoms with van der Waals surface area (Å²) in [7, 11) is 0. The second-order valence-electron chi connectivity index (χ2n) is 2.82. The van der Waals surface area contributed by atoms with Gasteiger partial charge in [-0.05, 0) is 12.1 Å². The fraction of sp³-hybridized carbons (Fsp3) is 0.111. The van der Waals surface area contributed by atoms with Crippen LogP contribution >= 0.6 is 0 Å². The van der Waals surface area contributed by atoms with Crippen molar-refractivity contribution in [1.82, 2.24) is 4.98 Å². The Balaban J connectivity index is 2.52. The van der Waals surface area contributed by atoms with E-state index in [-0.39, 0.29) is 17.0 Å². The van der Waals surface area contributed by atoms with E-state index in [1.165, 1.54) is 12.1 Å². The molecular weight excluding hydrogens is 227 g/mol. The van der Waals surface area contributed by atoms with Crippen molar-refractivity contribution in [3.05, 3.63) is 24.1 Å². The third-order valence-electron chi connectivity index (χ3n) is 1.73. The van der Waals surface area contributed by atoms with Crippen molar-refractivity contribution in [3.8, 4) is 5.75 Å². The van der Waals surface area contributed by atoms with Gasteiger partial charge in [0.25, 0.3) is 5.89 Å². The molecule has 1 aromatic heterocycles. The van der Waals surface area contributed by atoms with Crippen LogP contribution in [0.4, 0.5) is 13.2 Å². The van der Waals surface area contributed by atoms with E-state index in [4.69, 9.17) is 4.42 Å². The number of rotatable bonds is 2. The first kappa shape index (κ1) is 10.5. The number of nitrogens with zero attached hydrogens (tertiary/aromatic N) is 1. The molecule has 0 aliphatic heterocycles. The molecule has 0 bridgehead atoms. The number of hydrogen-bond donors (Lipinski definition) is 0. The molecule has 0 fully saturated rings. The van der Waals surface area contributed by atoms with E-state index in [1.807, 2.05) is 0 Å². The Kier molecular flexibility index (Phi) is 2.30. The van der Waals surface area contributed by atoms with Gasteiger partial charge in [-0.15, -0.1) is 13.2 Å². The number of para-hydroxylation sites is 1. The molecule has 0 aliphatic rings. The molecule has 0 saturated carbocycles. The van der Waals surface area contributed by atoms with Crippen LogP contribution in [0.2, 0.25) is 0 Å². The summed E-state index contributed by atoms with van der Waals surface area (Å²) in [6.07, 6.45) is -4.51. The summed E-state index contributed by atoms with van der Waals surface area (Å²) in [6.45, 7) is 0. The lowest BCUT2D eigenvalue weighted by Gasteiger charge is -2.07. The molecule has 4 nitrogen and oxygen atoms in total. The van der Waals surface area contributed by atoms with Gasteiger partial charge in [0.05, 0.1) is 0 Å². The third-order valence-corrected chi connectivity index (χ3v) is 1.73. The lowest BCUT2D eigenvalue weighted by atomic mass is 10.3. The second kappa shape index (κ2) is 3.51. The number of ether oxygens (including phenoxy) is 1. The fourth-order valence-electron chi connectivity index (χ4n) is 1.20. The van der Waals surface area contributed by atoms with Crippen molar-refractivity contribution in [2.24, 2.45) is 0 Å². The molecule has 84 valence electrons. The van der Waals surface area contributed by atoms with Crippen LogP contribution in [-0.4, -0.2) is 17.6 Å². The van der Waals surface area contributed by atoms with E-state index < -0.39 is 12.1 Å². The topological polar surface area (TPSA) is 52.3 Å². The maximum absolute atomic E-state index is 12.0. The number of carbonyl (C=O) groups is 1. The fourth-order valence-corrected chi connectivity index (χ4v) is 1.20. The predicted octanol–water partition coefficient (Wildman–Crippen LogP) is 2.54. The van der Waals surface area contributed by atoms with Crippen LogP contribution in [0.15, 0.2) is 22.6 Å². The van der Waals surface area contributed by atoms with Crippen LogP contribution in [0.3, 0.4) is 0 Å². The first-order chi connectivity index (χ1) is 7.49. The Morgan fingerprint density at radius 3 is 2.75 bits per heavy atom. The molecule has 0 unspecified atom stereocenters. The highest BCUT2D eigenvalue weighted by Gasteiger charge is 2.32. The molecule has 0 radical (unpaired) electrons. The minimum absolute atomic E-state index is 0.0591. The summed E-state index contributed by atoms with van der Waals surface area (Å²) in [5.41, 5.74) is -0.0780. The van der Waals surface area contributed by atoms with Gasteiger partial charge in [-0.3, -0.25) is 4.79 Å². The summed E-state index contributed by atoms with van der Waals surface area (Å²) in [4.78, 5) is 13.9. The lowest BCUT2D eigenvalue weighted by Crippen LogP contribution is -2.17. The van der Waals surface area contributed by atoms with Crippen molar-refractivity contribution in [1.29, 1.82) is 0 Å². The molecule has 7 heteroatoms. The largest absolute Gasteiger partial charge is 0.573 e. The smallest absolute Gasteiger partial charge is 0.434 e. The summed E-state index contributed by atoms with van der Waals surface area (Å²) in [6, 6.07) is 3.79.